The summed E-state index contributed by atoms with van der Waals surface area (Å²) < 4.78 is 1.66. The van der Waals surface area contributed by atoms with Gasteiger partial charge >= 0.3 is 0 Å². The maximum absolute atomic E-state index is 12.1. The lowest BCUT2D eigenvalue weighted by atomic mass is 9.87. The van der Waals surface area contributed by atoms with Crippen LogP contribution in [0, 0.1) is 5.92 Å². The molecule has 1 aliphatic rings. The van der Waals surface area contributed by atoms with E-state index in [4.69, 9.17) is 0 Å². The highest BCUT2D eigenvalue weighted by molar-refractivity contribution is 5.94. The van der Waals surface area contributed by atoms with E-state index in [-0.39, 0.29) is 5.91 Å². The first-order valence-corrected chi connectivity index (χ1v) is 6.90. The Kier molecular flexibility index (Phi) is 3.44. The van der Waals surface area contributed by atoms with E-state index in [1.807, 2.05) is 6.07 Å². The van der Waals surface area contributed by atoms with Crippen LogP contribution >= 0.6 is 0 Å². The third-order valence-electron chi connectivity index (χ3n) is 3.80. The minimum atomic E-state index is 0.0861. The third kappa shape index (κ3) is 2.75. The van der Waals surface area contributed by atoms with Crippen molar-refractivity contribution in [2.45, 2.75) is 38.5 Å². The predicted octanol–water partition coefficient (Wildman–Crippen LogP) is 2.64. The lowest BCUT2D eigenvalue weighted by Gasteiger charge is -2.20. The number of aromatic nitrogens is 3. The molecule has 1 fully saturated rings. The molecule has 0 unspecified atom stereocenters. The highest BCUT2D eigenvalue weighted by Crippen LogP contribution is 2.26. The van der Waals surface area contributed by atoms with Gasteiger partial charge in [-0.2, -0.15) is 5.10 Å². The Morgan fingerprint density at radius 1 is 1.37 bits per heavy atom. The van der Waals surface area contributed by atoms with Crippen molar-refractivity contribution < 1.29 is 4.79 Å². The van der Waals surface area contributed by atoms with Crippen LogP contribution in [0.1, 0.15) is 38.5 Å². The van der Waals surface area contributed by atoms with E-state index in [0.29, 0.717) is 12.3 Å². The molecular formula is C14H18N4O. The van der Waals surface area contributed by atoms with Crippen LogP contribution < -0.4 is 5.32 Å². The zero-order chi connectivity index (χ0) is 13.1. The van der Waals surface area contributed by atoms with Crippen LogP contribution in [0.15, 0.2) is 24.8 Å². The summed E-state index contributed by atoms with van der Waals surface area (Å²) in [5.74, 6) is 0.634. The number of hydrogen-bond donors (Lipinski definition) is 1. The van der Waals surface area contributed by atoms with Gasteiger partial charge in [-0.15, -0.1) is 0 Å². The number of carbonyl (C=O) groups is 1. The van der Waals surface area contributed by atoms with Gasteiger partial charge in [0, 0.05) is 6.42 Å². The molecule has 5 heteroatoms. The molecule has 0 atom stereocenters. The van der Waals surface area contributed by atoms with Gasteiger partial charge in [0.25, 0.3) is 0 Å². The first-order valence-electron chi connectivity index (χ1n) is 6.90. The number of anilines is 1. The van der Waals surface area contributed by atoms with E-state index in [1.165, 1.54) is 32.1 Å². The summed E-state index contributed by atoms with van der Waals surface area (Å²) >= 11 is 0. The molecule has 0 spiro atoms. The largest absolute Gasteiger partial charge is 0.323 e. The van der Waals surface area contributed by atoms with Crippen LogP contribution in [0.5, 0.6) is 0 Å². The zero-order valence-electron chi connectivity index (χ0n) is 10.9. The summed E-state index contributed by atoms with van der Waals surface area (Å²) in [6.07, 6.45) is 11.8. The van der Waals surface area contributed by atoms with Crippen molar-refractivity contribution in [2.24, 2.45) is 5.92 Å². The first-order chi connectivity index (χ1) is 9.33. The summed E-state index contributed by atoms with van der Waals surface area (Å²) in [6.45, 7) is 0. The molecule has 3 rings (SSSR count). The smallest absolute Gasteiger partial charge is 0.224 e. The predicted molar refractivity (Wildman–Crippen MR) is 72.8 cm³/mol. The van der Waals surface area contributed by atoms with Crippen molar-refractivity contribution in [3.8, 4) is 0 Å². The molecule has 2 heterocycles. The Morgan fingerprint density at radius 2 is 2.21 bits per heavy atom. The second kappa shape index (κ2) is 5.38. The van der Waals surface area contributed by atoms with Gasteiger partial charge in [0.05, 0.1) is 23.6 Å². The molecule has 2 aromatic rings. The van der Waals surface area contributed by atoms with Crippen LogP contribution in [0.3, 0.4) is 0 Å². The zero-order valence-corrected chi connectivity index (χ0v) is 10.9. The second-order valence-electron chi connectivity index (χ2n) is 5.22. The summed E-state index contributed by atoms with van der Waals surface area (Å²) in [7, 11) is 0. The van der Waals surface area contributed by atoms with Crippen molar-refractivity contribution in [3.05, 3.63) is 24.8 Å². The molecule has 1 aliphatic carbocycles. The van der Waals surface area contributed by atoms with E-state index in [2.05, 4.69) is 15.4 Å². The molecule has 0 radical (unpaired) electrons. The van der Waals surface area contributed by atoms with Gasteiger partial charge in [0.2, 0.25) is 5.91 Å². The topological polar surface area (TPSA) is 59.3 Å². The van der Waals surface area contributed by atoms with E-state index in [0.717, 1.165) is 11.2 Å². The van der Waals surface area contributed by atoms with Crippen molar-refractivity contribution in [2.75, 3.05) is 5.32 Å². The van der Waals surface area contributed by atoms with Crippen molar-refractivity contribution in [1.29, 1.82) is 0 Å². The SMILES string of the molecule is O=C(CC1CCCCC1)Nc1cncn2nccc12. The van der Waals surface area contributed by atoms with Crippen LogP contribution in [0.25, 0.3) is 5.52 Å². The Bertz CT molecular complexity index is 572. The molecule has 0 saturated heterocycles. The summed E-state index contributed by atoms with van der Waals surface area (Å²) in [5, 5.41) is 7.06. The summed E-state index contributed by atoms with van der Waals surface area (Å²) in [6, 6.07) is 1.87. The van der Waals surface area contributed by atoms with Crippen molar-refractivity contribution in [1.82, 2.24) is 14.6 Å². The number of rotatable bonds is 3. The molecule has 2 aromatic heterocycles. The fourth-order valence-electron chi connectivity index (χ4n) is 2.81. The van der Waals surface area contributed by atoms with Crippen LogP contribution in [-0.4, -0.2) is 20.5 Å². The molecule has 19 heavy (non-hydrogen) atoms. The second-order valence-corrected chi connectivity index (χ2v) is 5.22. The van der Waals surface area contributed by atoms with Gasteiger partial charge in [-0.25, -0.2) is 9.50 Å². The molecule has 1 saturated carbocycles. The van der Waals surface area contributed by atoms with Crippen LogP contribution in [-0.2, 0) is 4.79 Å². The minimum Gasteiger partial charge on any atom is -0.323 e. The van der Waals surface area contributed by atoms with Gasteiger partial charge in [-0.05, 0) is 24.8 Å². The molecule has 0 aliphatic heterocycles. The minimum absolute atomic E-state index is 0.0861. The number of amides is 1. The van der Waals surface area contributed by atoms with E-state index >= 15 is 0 Å². The molecular weight excluding hydrogens is 240 g/mol. The Hall–Kier alpha value is -1.91. The number of hydrogen-bond acceptors (Lipinski definition) is 3. The van der Waals surface area contributed by atoms with E-state index in [9.17, 15) is 4.79 Å². The molecule has 0 bridgehead atoms. The molecule has 1 amide bonds. The monoisotopic (exact) mass is 258 g/mol. The Labute approximate surface area is 112 Å². The van der Waals surface area contributed by atoms with Crippen LogP contribution in [0.2, 0.25) is 0 Å². The number of carbonyl (C=O) groups excluding carboxylic acids is 1. The fraction of sp³-hybridized carbons (Fsp3) is 0.500. The highest BCUT2D eigenvalue weighted by Gasteiger charge is 2.17. The lowest BCUT2D eigenvalue weighted by Crippen LogP contribution is -2.18. The molecule has 5 nitrogen and oxygen atoms in total. The maximum atomic E-state index is 12.1. The van der Waals surface area contributed by atoms with E-state index in [1.54, 1.807) is 23.2 Å². The third-order valence-corrected chi connectivity index (χ3v) is 3.80. The Balaban J connectivity index is 1.67. The summed E-state index contributed by atoms with van der Waals surface area (Å²) in [4.78, 5) is 16.1. The highest BCUT2D eigenvalue weighted by atomic mass is 16.1. The van der Waals surface area contributed by atoms with Gasteiger partial charge in [0.15, 0.2) is 0 Å². The average molecular weight is 258 g/mol. The number of nitrogens with zero attached hydrogens (tertiary/aromatic N) is 3. The molecule has 0 aromatic carbocycles. The van der Waals surface area contributed by atoms with Crippen molar-refractivity contribution in [3.63, 3.8) is 0 Å². The van der Waals surface area contributed by atoms with Gasteiger partial charge in [-0.1, -0.05) is 19.3 Å². The standard InChI is InChI=1S/C14H18N4O/c19-14(8-11-4-2-1-3-5-11)17-12-9-15-10-18-13(12)6-7-16-18/h6-7,9-11H,1-5,8H2,(H,17,19). The summed E-state index contributed by atoms with van der Waals surface area (Å²) in [5.41, 5.74) is 1.62. The quantitative estimate of drug-likeness (QED) is 0.920. The average Bonchev–Trinajstić information content (AvgIpc) is 2.89. The fourth-order valence-corrected chi connectivity index (χ4v) is 2.81. The number of fused-ring (bicyclic) bond motifs is 1. The normalized spacial score (nSPS) is 16.6. The van der Waals surface area contributed by atoms with Crippen LogP contribution in [0.4, 0.5) is 5.69 Å². The Morgan fingerprint density at radius 3 is 3.05 bits per heavy atom. The number of nitrogens with one attached hydrogen (secondary N) is 1. The van der Waals surface area contributed by atoms with Gasteiger partial charge < -0.3 is 5.32 Å². The van der Waals surface area contributed by atoms with Crippen molar-refractivity contribution >= 4 is 17.1 Å². The van der Waals surface area contributed by atoms with Gasteiger partial charge in [0.1, 0.15) is 6.33 Å². The molecule has 1 N–H and O–H groups in total. The van der Waals surface area contributed by atoms with Gasteiger partial charge in [-0.3, -0.25) is 4.79 Å². The lowest BCUT2D eigenvalue weighted by molar-refractivity contribution is -0.117. The first kappa shape index (κ1) is 12.1. The molecule has 100 valence electrons. The maximum Gasteiger partial charge on any atom is 0.224 e. The van der Waals surface area contributed by atoms with E-state index < -0.39 is 0 Å².